The van der Waals surface area contributed by atoms with Crippen LogP contribution in [-0.4, -0.2) is 29.5 Å². The predicted octanol–water partition coefficient (Wildman–Crippen LogP) is 3.40. The van der Waals surface area contributed by atoms with E-state index < -0.39 is 0 Å². The predicted molar refractivity (Wildman–Crippen MR) is 106 cm³/mol. The summed E-state index contributed by atoms with van der Waals surface area (Å²) in [5.41, 5.74) is 4.91. The second-order valence-electron chi connectivity index (χ2n) is 6.00. The Morgan fingerprint density at radius 3 is 2.96 bits per heavy atom. The zero-order chi connectivity index (χ0) is 17.6. The van der Waals surface area contributed by atoms with Gasteiger partial charge in [0.05, 0.1) is 17.2 Å². The molecule has 3 N–H and O–H groups in total. The lowest BCUT2D eigenvalue weighted by Gasteiger charge is -2.10. The Bertz CT molecular complexity index is 862. The minimum Gasteiger partial charge on any atom is -0.361 e. The number of aromatic amines is 1. The molecule has 132 valence electrons. The van der Waals surface area contributed by atoms with Gasteiger partial charge >= 0.3 is 0 Å². The summed E-state index contributed by atoms with van der Waals surface area (Å²) >= 11 is 1.71. The van der Waals surface area contributed by atoms with E-state index in [1.165, 1.54) is 27.0 Å². The average molecular weight is 356 g/mol. The van der Waals surface area contributed by atoms with Crippen molar-refractivity contribution in [3.05, 3.63) is 51.6 Å². The first-order valence-electron chi connectivity index (χ1n) is 8.64. The van der Waals surface area contributed by atoms with E-state index in [0.717, 1.165) is 31.0 Å². The zero-order valence-electron chi connectivity index (χ0n) is 15.0. The van der Waals surface area contributed by atoms with Crippen LogP contribution < -0.4 is 10.6 Å². The average Bonchev–Trinajstić information content (AvgIpc) is 3.25. The number of nitrogens with one attached hydrogen (secondary N) is 3. The number of guanidine groups is 1. The number of hydrogen-bond donors (Lipinski definition) is 3. The number of hydrogen-bond acceptors (Lipinski definition) is 3. The Morgan fingerprint density at radius 1 is 1.32 bits per heavy atom. The van der Waals surface area contributed by atoms with Crippen molar-refractivity contribution in [2.45, 2.75) is 33.2 Å². The molecule has 0 fully saturated rings. The number of aliphatic imine (C=N–C) groups is 1. The van der Waals surface area contributed by atoms with Crippen molar-refractivity contribution in [1.29, 1.82) is 0 Å². The van der Waals surface area contributed by atoms with Gasteiger partial charge in [0, 0.05) is 36.1 Å². The minimum atomic E-state index is 0.697. The van der Waals surface area contributed by atoms with Gasteiger partial charge in [-0.25, -0.2) is 4.98 Å². The summed E-state index contributed by atoms with van der Waals surface area (Å²) in [7, 11) is 1.79. The molecule has 0 saturated heterocycles. The Hall–Kier alpha value is -2.34. The Kier molecular flexibility index (Phi) is 5.71. The van der Waals surface area contributed by atoms with Crippen LogP contribution in [0.4, 0.5) is 0 Å². The van der Waals surface area contributed by atoms with Crippen molar-refractivity contribution >= 4 is 28.2 Å². The molecule has 3 aromatic rings. The third-order valence-corrected chi connectivity index (χ3v) is 5.30. The topological polar surface area (TPSA) is 65.1 Å². The first-order valence-corrected chi connectivity index (χ1v) is 9.52. The fourth-order valence-electron chi connectivity index (χ4n) is 2.87. The van der Waals surface area contributed by atoms with Crippen molar-refractivity contribution in [2.75, 3.05) is 13.6 Å². The van der Waals surface area contributed by atoms with Crippen molar-refractivity contribution in [2.24, 2.45) is 4.99 Å². The lowest BCUT2D eigenvalue weighted by molar-refractivity contribution is 0.785. The van der Waals surface area contributed by atoms with Gasteiger partial charge in [-0.05, 0) is 30.9 Å². The number of benzene rings is 1. The van der Waals surface area contributed by atoms with Crippen LogP contribution >= 0.6 is 11.3 Å². The molecular weight excluding hydrogens is 330 g/mol. The van der Waals surface area contributed by atoms with Crippen molar-refractivity contribution in [3.8, 4) is 0 Å². The molecule has 3 rings (SSSR count). The highest BCUT2D eigenvalue weighted by Crippen LogP contribution is 2.21. The molecular formula is C19H25N5S. The van der Waals surface area contributed by atoms with Crippen LogP contribution in [0.1, 0.15) is 28.8 Å². The van der Waals surface area contributed by atoms with Crippen LogP contribution in [0, 0.1) is 6.92 Å². The minimum absolute atomic E-state index is 0.697. The number of nitrogens with zero attached hydrogens (tertiary/aromatic N) is 2. The molecule has 0 amide bonds. The molecule has 0 unspecified atom stereocenters. The van der Waals surface area contributed by atoms with Crippen LogP contribution in [0.25, 0.3) is 10.9 Å². The van der Waals surface area contributed by atoms with Gasteiger partial charge in [0.15, 0.2) is 5.96 Å². The van der Waals surface area contributed by atoms with Gasteiger partial charge < -0.3 is 15.6 Å². The largest absolute Gasteiger partial charge is 0.361 e. The standard InChI is InChI=1S/C19H25N5S/c1-4-17-24-15(12-25-17)11-23-19(20-3)21-9-8-14-10-22-18-13(2)6-5-7-16(14)18/h5-7,10,12,22H,4,8-9,11H2,1-3H3,(H2,20,21,23). The molecule has 6 heteroatoms. The summed E-state index contributed by atoms with van der Waals surface area (Å²) in [4.78, 5) is 12.2. The first kappa shape index (κ1) is 17.5. The molecule has 1 aromatic carbocycles. The monoisotopic (exact) mass is 355 g/mol. The second-order valence-corrected chi connectivity index (χ2v) is 6.94. The van der Waals surface area contributed by atoms with Crippen LogP contribution in [0.3, 0.4) is 0 Å². The molecule has 25 heavy (non-hydrogen) atoms. The van der Waals surface area contributed by atoms with Gasteiger partial charge in [-0.3, -0.25) is 4.99 Å². The van der Waals surface area contributed by atoms with Crippen LogP contribution in [0.15, 0.2) is 34.8 Å². The highest BCUT2D eigenvalue weighted by atomic mass is 32.1. The quantitative estimate of drug-likeness (QED) is 0.469. The molecule has 2 heterocycles. The maximum atomic E-state index is 4.57. The summed E-state index contributed by atoms with van der Waals surface area (Å²) in [6.07, 6.45) is 4.04. The Balaban J connectivity index is 1.52. The molecule has 0 aliphatic carbocycles. The van der Waals surface area contributed by atoms with E-state index in [4.69, 9.17) is 0 Å². The third-order valence-electron chi connectivity index (χ3n) is 4.26. The first-order chi connectivity index (χ1) is 12.2. The summed E-state index contributed by atoms with van der Waals surface area (Å²) in [6.45, 7) is 5.79. The van der Waals surface area contributed by atoms with Gasteiger partial charge in [-0.15, -0.1) is 11.3 Å². The van der Waals surface area contributed by atoms with E-state index >= 15 is 0 Å². The molecule has 0 spiro atoms. The van der Waals surface area contributed by atoms with E-state index in [2.05, 4.69) is 69.2 Å². The van der Waals surface area contributed by atoms with E-state index in [0.29, 0.717) is 6.54 Å². The lowest BCUT2D eigenvalue weighted by atomic mass is 10.1. The molecule has 0 radical (unpaired) electrons. The molecule has 0 saturated carbocycles. The summed E-state index contributed by atoms with van der Waals surface area (Å²) < 4.78 is 0. The molecule has 0 bridgehead atoms. The Labute approximate surface area is 152 Å². The fraction of sp³-hybridized carbons (Fsp3) is 0.368. The van der Waals surface area contributed by atoms with Gasteiger partial charge in [0.1, 0.15) is 0 Å². The fourth-order valence-corrected chi connectivity index (χ4v) is 3.62. The second kappa shape index (κ2) is 8.16. The number of rotatable bonds is 6. The summed E-state index contributed by atoms with van der Waals surface area (Å²) in [5, 5.41) is 11.3. The number of fused-ring (bicyclic) bond motifs is 1. The number of H-pyrrole nitrogens is 1. The molecule has 0 aliphatic rings. The molecule has 5 nitrogen and oxygen atoms in total. The highest BCUT2D eigenvalue weighted by molar-refractivity contribution is 7.09. The number of para-hydroxylation sites is 1. The van der Waals surface area contributed by atoms with Gasteiger partial charge in [-0.2, -0.15) is 0 Å². The van der Waals surface area contributed by atoms with E-state index in [9.17, 15) is 0 Å². The maximum absolute atomic E-state index is 4.57. The van der Waals surface area contributed by atoms with E-state index in [1.807, 2.05) is 0 Å². The lowest BCUT2D eigenvalue weighted by Crippen LogP contribution is -2.37. The van der Waals surface area contributed by atoms with Crippen molar-refractivity contribution < 1.29 is 0 Å². The van der Waals surface area contributed by atoms with Crippen molar-refractivity contribution in [1.82, 2.24) is 20.6 Å². The van der Waals surface area contributed by atoms with Gasteiger partial charge in [-0.1, -0.05) is 25.1 Å². The van der Waals surface area contributed by atoms with Crippen LogP contribution in [0.2, 0.25) is 0 Å². The smallest absolute Gasteiger partial charge is 0.191 e. The van der Waals surface area contributed by atoms with E-state index in [1.54, 1.807) is 18.4 Å². The summed E-state index contributed by atoms with van der Waals surface area (Å²) in [6, 6.07) is 6.42. The van der Waals surface area contributed by atoms with Crippen LogP contribution in [-0.2, 0) is 19.4 Å². The molecule has 2 aromatic heterocycles. The zero-order valence-corrected chi connectivity index (χ0v) is 15.8. The number of thiazole rings is 1. The number of aryl methyl sites for hydroxylation is 2. The molecule has 0 aliphatic heterocycles. The third kappa shape index (κ3) is 4.20. The molecule has 0 atom stereocenters. The highest BCUT2D eigenvalue weighted by Gasteiger charge is 2.06. The SMILES string of the molecule is CCc1nc(CNC(=NC)NCCc2c[nH]c3c(C)cccc23)cs1. The van der Waals surface area contributed by atoms with Gasteiger partial charge in [0.25, 0.3) is 0 Å². The van der Waals surface area contributed by atoms with Crippen LogP contribution in [0.5, 0.6) is 0 Å². The normalized spacial score (nSPS) is 11.9. The maximum Gasteiger partial charge on any atom is 0.191 e. The van der Waals surface area contributed by atoms with Crippen molar-refractivity contribution in [3.63, 3.8) is 0 Å². The van der Waals surface area contributed by atoms with E-state index in [-0.39, 0.29) is 0 Å². The Morgan fingerprint density at radius 2 is 2.20 bits per heavy atom. The van der Waals surface area contributed by atoms with Gasteiger partial charge in [0.2, 0.25) is 0 Å². The number of aromatic nitrogens is 2. The summed E-state index contributed by atoms with van der Waals surface area (Å²) in [5.74, 6) is 0.807.